The highest BCUT2D eigenvalue weighted by atomic mass is 15.3. The fraction of sp³-hybridized carbons (Fsp3) is 0.462. The molecule has 0 bridgehead atoms. The molecule has 0 saturated heterocycles. The van der Waals surface area contributed by atoms with Crippen molar-refractivity contribution >= 4 is 11.6 Å². The maximum absolute atomic E-state index is 6.01. The molecule has 0 fully saturated rings. The molecule has 1 aromatic carbocycles. The quantitative estimate of drug-likeness (QED) is 0.625. The third kappa shape index (κ3) is 3.57. The summed E-state index contributed by atoms with van der Waals surface area (Å²) in [5.74, 6) is 0.600. The number of para-hydroxylation sites is 1. The largest absolute Gasteiger partial charge is 0.369 e. The molecule has 3 nitrogen and oxygen atoms in total. The van der Waals surface area contributed by atoms with Crippen LogP contribution in [0.25, 0.3) is 0 Å². The Morgan fingerprint density at radius 3 is 2.44 bits per heavy atom. The lowest BCUT2D eigenvalue weighted by molar-refractivity contribution is 0.346. The third-order valence-corrected chi connectivity index (χ3v) is 2.38. The zero-order valence-corrected chi connectivity index (χ0v) is 10.4. The Balaban J connectivity index is 2.81. The lowest BCUT2D eigenvalue weighted by Gasteiger charge is -2.27. The van der Waals surface area contributed by atoms with Crippen molar-refractivity contribution in [2.75, 3.05) is 6.54 Å². The van der Waals surface area contributed by atoms with E-state index in [1.54, 1.807) is 0 Å². The number of nitrogens with zero attached hydrogens (tertiary/aromatic N) is 2. The van der Waals surface area contributed by atoms with Crippen molar-refractivity contribution in [2.45, 2.75) is 33.2 Å². The molecule has 0 unspecified atom stereocenters. The first kappa shape index (κ1) is 12.6. The van der Waals surface area contributed by atoms with Crippen molar-refractivity contribution in [3.8, 4) is 0 Å². The van der Waals surface area contributed by atoms with Gasteiger partial charge in [0, 0.05) is 12.6 Å². The Bertz CT molecular complexity index is 330. The zero-order chi connectivity index (χ0) is 12.0. The predicted octanol–water partition coefficient (Wildman–Crippen LogP) is 2.75. The van der Waals surface area contributed by atoms with Crippen LogP contribution in [0.3, 0.4) is 0 Å². The Kier molecular flexibility index (Phi) is 4.83. The maximum atomic E-state index is 6.01. The van der Waals surface area contributed by atoms with Crippen LogP contribution in [-0.4, -0.2) is 23.4 Å². The molecule has 0 amide bonds. The van der Waals surface area contributed by atoms with Crippen LogP contribution in [0, 0.1) is 0 Å². The molecule has 0 heterocycles. The van der Waals surface area contributed by atoms with E-state index in [9.17, 15) is 0 Å². The Labute approximate surface area is 98.0 Å². The number of benzene rings is 1. The summed E-state index contributed by atoms with van der Waals surface area (Å²) in [7, 11) is 0. The predicted molar refractivity (Wildman–Crippen MR) is 69.9 cm³/mol. The van der Waals surface area contributed by atoms with Crippen molar-refractivity contribution in [2.24, 2.45) is 10.7 Å². The van der Waals surface area contributed by atoms with E-state index in [0.717, 1.165) is 18.7 Å². The van der Waals surface area contributed by atoms with Crippen molar-refractivity contribution in [3.05, 3.63) is 30.3 Å². The SMILES string of the molecule is CCCN(C(N)=Nc1ccccc1)C(C)C. The third-order valence-electron chi connectivity index (χ3n) is 2.38. The summed E-state index contributed by atoms with van der Waals surface area (Å²) < 4.78 is 0. The van der Waals surface area contributed by atoms with E-state index in [1.165, 1.54) is 0 Å². The Morgan fingerprint density at radius 2 is 1.94 bits per heavy atom. The summed E-state index contributed by atoms with van der Waals surface area (Å²) in [5, 5.41) is 0. The molecule has 0 atom stereocenters. The van der Waals surface area contributed by atoms with Gasteiger partial charge in [0.1, 0.15) is 0 Å². The summed E-state index contributed by atoms with van der Waals surface area (Å²) in [4.78, 5) is 6.54. The number of guanidine groups is 1. The highest BCUT2D eigenvalue weighted by Gasteiger charge is 2.10. The normalized spacial score (nSPS) is 11.9. The minimum absolute atomic E-state index is 0.382. The number of aliphatic imine (C=N–C) groups is 1. The van der Waals surface area contributed by atoms with Crippen molar-refractivity contribution in [1.29, 1.82) is 0 Å². The molecule has 0 radical (unpaired) electrons. The number of nitrogens with two attached hydrogens (primary N) is 1. The van der Waals surface area contributed by atoms with E-state index in [0.29, 0.717) is 12.0 Å². The van der Waals surface area contributed by atoms with E-state index in [2.05, 4.69) is 30.7 Å². The first-order chi connectivity index (χ1) is 7.65. The van der Waals surface area contributed by atoms with Gasteiger partial charge < -0.3 is 10.6 Å². The fourth-order valence-electron chi connectivity index (χ4n) is 1.58. The summed E-state index contributed by atoms with van der Waals surface area (Å²) in [6, 6.07) is 10.2. The number of rotatable bonds is 4. The molecule has 0 spiro atoms. The van der Waals surface area contributed by atoms with Crippen molar-refractivity contribution in [3.63, 3.8) is 0 Å². The molecule has 0 aromatic heterocycles. The highest BCUT2D eigenvalue weighted by Crippen LogP contribution is 2.11. The molecule has 2 N–H and O–H groups in total. The van der Waals surface area contributed by atoms with Gasteiger partial charge in [0.05, 0.1) is 5.69 Å². The van der Waals surface area contributed by atoms with Crippen molar-refractivity contribution < 1.29 is 0 Å². The minimum Gasteiger partial charge on any atom is -0.369 e. The molecule has 88 valence electrons. The van der Waals surface area contributed by atoms with Crippen LogP contribution in [-0.2, 0) is 0 Å². The topological polar surface area (TPSA) is 41.6 Å². The van der Waals surface area contributed by atoms with Gasteiger partial charge in [0.15, 0.2) is 5.96 Å². The molecule has 0 aliphatic carbocycles. The van der Waals surface area contributed by atoms with Crippen LogP contribution in [0.1, 0.15) is 27.2 Å². The van der Waals surface area contributed by atoms with E-state index >= 15 is 0 Å². The Morgan fingerprint density at radius 1 is 1.31 bits per heavy atom. The summed E-state index contributed by atoms with van der Waals surface area (Å²) >= 11 is 0. The molecule has 0 saturated carbocycles. The highest BCUT2D eigenvalue weighted by molar-refractivity contribution is 5.81. The van der Waals surface area contributed by atoms with Gasteiger partial charge in [-0.05, 0) is 32.4 Å². The lowest BCUT2D eigenvalue weighted by Crippen LogP contribution is -2.42. The second-order valence-electron chi connectivity index (χ2n) is 4.09. The molecule has 3 heteroatoms. The summed E-state index contributed by atoms with van der Waals surface area (Å²) in [6.07, 6.45) is 1.07. The van der Waals surface area contributed by atoms with Crippen LogP contribution in [0.4, 0.5) is 5.69 Å². The van der Waals surface area contributed by atoms with Crippen LogP contribution >= 0.6 is 0 Å². The minimum atomic E-state index is 0.382. The van der Waals surface area contributed by atoms with E-state index < -0.39 is 0 Å². The molecule has 0 aliphatic rings. The average Bonchev–Trinajstić information content (AvgIpc) is 2.26. The molecule has 0 aliphatic heterocycles. The van der Waals surface area contributed by atoms with Gasteiger partial charge >= 0.3 is 0 Å². The van der Waals surface area contributed by atoms with Crippen LogP contribution in [0.15, 0.2) is 35.3 Å². The van der Waals surface area contributed by atoms with E-state index in [4.69, 9.17) is 5.73 Å². The van der Waals surface area contributed by atoms with Gasteiger partial charge in [-0.25, -0.2) is 4.99 Å². The van der Waals surface area contributed by atoms with Gasteiger partial charge in [0.2, 0.25) is 0 Å². The van der Waals surface area contributed by atoms with Gasteiger partial charge in [-0.1, -0.05) is 25.1 Å². The molecular formula is C13H21N3. The van der Waals surface area contributed by atoms with Crippen LogP contribution in [0.5, 0.6) is 0 Å². The standard InChI is InChI=1S/C13H21N3/c1-4-10-16(11(2)3)13(14)15-12-8-6-5-7-9-12/h5-9,11H,4,10H2,1-3H3,(H2,14,15). The summed E-state index contributed by atoms with van der Waals surface area (Å²) in [5.41, 5.74) is 6.92. The van der Waals surface area contributed by atoms with E-state index in [1.807, 2.05) is 30.3 Å². The second-order valence-corrected chi connectivity index (χ2v) is 4.09. The zero-order valence-electron chi connectivity index (χ0n) is 10.4. The first-order valence-corrected chi connectivity index (χ1v) is 5.81. The van der Waals surface area contributed by atoms with E-state index in [-0.39, 0.29) is 0 Å². The Hall–Kier alpha value is -1.51. The van der Waals surface area contributed by atoms with Crippen molar-refractivity contribution in [1.82, 2.24) is 4.90 Å². The molecule has 1 aromatic rings. The molecule has 1 rings (SSSR count). The van der Waals surface area contributed by atoms with Gasteiger partial charge in [0.25, 0.3) is 0 Å². The number of hydrogen-bond donors (Lipinski definition) is 1. The van der Waals surface area contributed by atoms with Gasteiger partial charge in [-0.3, -0.25) is 0 Å². The van der Waals surface area contributed by atoms with Crippen LogP contribution < -0.4 is 5.73 Å². The lowest BCUT2D eigenvalue weighted by atomic mass is 10.3. The number of hydrogen-bond acceptors (Lipinski definition) is 1. The van der Waals surface area contributed by atoms with Gasteiger partial charge in [-0.2, -0.15) is 0 Å². The maximum Gasteiger partial charge on any atom is 0.196 e. The molecular weight excluding hydrogens is 198 g/mol. The van der Waals surface area contributed by atoms with Gasteiger partial charge in [-0.15, -0.1) is 0 Å². The molecule has 16 heavy (non-hydrogen) atoms. The smallest absolute Gasteiger partial charge is 0.196 e. The fourth-order valence-corrected chi connectivity index (χ4v) is 1.58. The first-order valence-electron chi connectivity index (χ1n) is 5.81. The average molecular weight is 219 g/mol. The summed E-state index contributed by atoms with van der Waals surface area (Å²) in [6.45, 7) is 7.34. The second kappa shape index (κ2) is 6.16. The van der Waals surface area contributed by atoms with Crippen LogP contribution in [0.2, 0.25) is 0 Å². The monoisotopic (exact) mass is 219 g/mol.